The number of nitrogens with one attached hydrogen (secondary N) is 2. The molecule has 2 aliphatic heterocycles. The number of hydrogen-bond acceptors (Lipinski definition) is 10. The first kappa shape index (κ1) is 26.0. The summed E-state index contributed by atoms with van der Waals surface area (Å²) in [6, 6.07) is 9.00. The SMILES string of the molecule is O=C(Nc1cnccc1N1CCNCC1)c1ccnc(-n2cc3ccc(OCCN4CCOCC4)cc3c2O)n1. The highest BCUT2D eigenvalue weighted by Crippen LogP contribution is 2.32. The van der Waals surface area contributed by atoms with E-state index in [1.54, 1.807) is 30.7 Å². The highest BCUT2D eigenvalue weighted by Gasteiger charge is 2.19. The molecule has 6 rings (SSSR count). The number of aromatic hydroxyl groups is 1. The number of pyridine rings is 1. The zero-order valence-corrected chi connectivity index (χ0v) is 22.1. The van der Waals surface area contributed by atoms with Crippen molar-refractivity contribution in [3.63, 3.8) is 0 Å². The number of ether oxygens (including phenoxy) is 2. The van der Waals surface area contributed by atoms with Crippen LogP contribution in [0.4, 0.5) is 11.4 Å². The van der Waals surface area contributed by atoms with Gasteiger partial charge in [-0.05, 0) is 30.3 Å². The van der Waals surface area contributed by atoms with Gasteiger partial charge in [-0.3, -0.25) is 19.2 Å². The summed E-state index contributed by atoms with van der Waals surface area (Å²) < 4.78 is 12.8. The number of aromatic nitrogens is 4. The quantitative estimate of drug-likeness (QED) is 0.302. The van der Waals surface area contributed by atoms with Gasteiger partial charge >= 0.3 is 0 Å². The van der Waals surface area contributed by atoms with Gasteiger partial charge in [-0.15, -0.1) is 0 Å². The van der Waals surface area contributed by atoms with E-state index >= 15 is 0 Å². The molecule has 0 atom stereocenters. The lowest BCUT2D eigenvalue weighted by Crippen LogP contribution is -2.43. The van der Waals surface area contributed by atoms with Crippen LogP contribution in [0.3, 0.4) is 0 Å². The van der Waals surface area contributed by atoms with Gasteiger partial charge in [-0.1, -0.05) is 0 Å². The van der Waals surface area contributed by atoms with Crippen LogP contribution in [0.15, 0.2) is 55.1 Å². The molecule has 0 saturated carbocycles. The van der Waals surface area contributed by atoms with Crippen LogP contribution in [-0.2, 0) is 4.74 Å². The number of anilines is 2. The number of morpholine rings is 1. The van der Waals surface area contributed by atoms with Gasteiger partial charge in [0.05, 0.1) is 30.8 Å². The summed E-state index contributed by atoms with van der Waals surface area (Å²) in [5.41, 5.74) is 1.70. The van der Waals surface area contributed by atoms with E-state index in [1.807, 2.05) is 18.2 Å². The van der Waals surface area contributed by atoms with Gasteiger partial charge in [0, 0.05) is 75.2 Å². The molecule has 3 N–H and O–H groups in total. The van der Waals surface area contributed by atoms with Gasteiger partial charge in [0.15, 0.2) is 0 Å². The molecule has 2 fully saturated rings. The maximum absolute atomic E-state index is 13.2. The second kappa shape index (κ2) is 11.9. The van der Waals surface area contributed by atoms with Crippen molar-refractivity contribution in [2.75, 3.05) is 75.9 Å². The zero-order valence-electron chi connectivity index (χ0n) is 22.1. The first-order chi connectivity index (χ1) is 19.7. The van der Waals surface area contributed by atoms with Crippen molar-refractivity contribution >= 4 is 28.1 Å². The second-order valence-corrected chi connectivity index (χ2v) is 9.70. The summed E-state index contributed by atoms with van der Waals surface area (Å²) in [6.45, 7) is 8.10. The Morgan fingerprint density at radius 1 is 1.10 bits per heavy atom. The van der Waals surface area contributed by atoms with Gasteiger partial charge in [0.1, 0.15) is 18.1 Å². The average Bonchev–Trinajstić information content (AvgIpc) is 3.34. The summed E-state index contributed by atoms with van der Waals surface area (Å²) >= 11 is 0. The standard InChI is InChI=1S/C28H32N8O4/c37-26(32-24-18-30-5-4-25(24)35-9-7-29-8-10-35)23-3-6-31-28(33-23)36-19-20-1-2-21(17-22(20)27(36)38)40-16-13-34-11-14-39-15-12-34/h1-6,17-19,29,38H,7-16H2,(H,32,37). The third-order valence-electron chi connectivity index (χ3n) is 7.14. The maximum Gasteiger partial charge on any atom is 0.274 e. The van der Waals surface area contributed by atoms with Crippen LogP contribution in [0.25, 0.3) is 16.7 Å². The molecule has 0 aliphatic carbocycles. The van der Waals surface area contributed by atoms with Crippen molar-refractivity contribution in [1.29, 1.82) is 0 Å². The molecular formula is C28H32N8O4. The number of amides is 1. The van der Waals surface area contributed by atoms with E-state index in [0.717, 1.165) is 70.1 Å². The summed E-state index contributed by atoms with van der Waals surface area (Å²) in [7, 11) is 0. The molecule has 0 bridgehead atoms. The van der Waals surface area contributed by atoms with E-state index in [1.165, 1.54) is 10.8 Å². The first-order valence-corrected chi connectivity index (χ1v) is 13.5. The largest absolute Gasteiger partial charge is 0.494 e. The van der Waals surface area contributed by atoms with E-state index in [4.69, 9.17) is 9.47 Å². The Hall–Kier alpha value is -4.26. The third-order valence-corrected chi connectivity index (χ3v) is 7.14. The molecule has 0 spiro atoms. The van der Waals surface area contributed by atoms with E-state index < -0.39 is 0 Å². The summed E-state index contributed by atoms with van der Waals surface area (Å²) in [5, 5.41) is 18.7. The fraction of sp³-hybridized carbons (Fsp3) is 0.357. The lowest BCUT2D eigenvalue weighted by Gasteiger charge is -2.30. The van der Waals surface area contributed by atoms with Gasteiger partial charge < -0.3 is 30.1 Å². The third kappa shape index (κ3) is 5.69. The highest BCUT2D eigenvalue weighted by molar-refractivity contribution is 6.04. The van der Waals surface area contributed by atoms with Gasteiger partial charge in [-0.2, -0.15) is 0 Å². The van der Waals surface area contributed by atoms with Crippen molar-refractivity contribution in [3.05, 3.63) is 60.8 Å². The van der Waals surface area contributed by atoms with Crippen LogP contribution in [-0.4, -0.2) is 101 Å². The predicted octanol–water partition coefficient (Wildman–Crippen LogP) is 1.89. The van der Waals surface area contributed by atoms with Crippen molar-refractivity contribution in [3.8, 4) is 17.6 Å². The molecule has 12 heteroatoms. The number of piperazine rings is 1. The number of rotatable bonds is 8. The van der Waals surface area contributed by atoms with E-state index in [2.05, 4.69) is 35.4 Å². The Bertz CT molecular complexity index is 1480. The number of fused-ring (bicyclic) bond motifs is 1. The number of carbonyl (C=O) groups is 1. The van der Waals surface area contributed by atoms with Crippen molar-refractivity contribution < 1.29 is 19.4 Å². The molecule has 208 valence electrons. The molecule has 40 heavy (non-hydrogen) atoms. The topological polar surface area (TPSA) is 130 Å². The molecule has 3 aromatic heterocycles. The fourth-order valence-corrected chi connectivity index (χ4v) is 4.97. The number of nitrogens with zero attached hydrogens (tertiary/aromatic N) is 6. The Kier molecular flexibility index (Phi) is 7.71. The Balaban J connectivity index is 1.17. The van der Waals surface area contributed by atoms with Crippen molar-refractivity contribution in [2.24, 2.45) is 0 Å². The molecule has 1 amide bonds. The molecule has 5 heterocycles. The molecular weight excluding hydrogens is 512 g/mol. The van der Waals surface area contributed by atoms with Gasteiger partial charge in [-0.25, -0.2) is 9.97 Å². The predicted molar refractivity (Wildman–Crippen MR) is 151 cm³/mol. The normalized spacial score (nSPS) is 16.2. The smallest absolute Gasteiger partial charge is 0.274 e. The molecule has 2 aliphatic rings. The lowest BCUT2D eigenvalue weighted by molar-refractivity contribution is 0.0322. The van der Waals surface area contributed by atoms with Gasteiger partial charge in [0.25, 0.3) is 5.91 Å². The molecule has 0 radical (unpaired) electrons. The molecule has 1 aromatic carbocycles. The van der Waals surface area contributed by atoms with Crippen molar-refractivity contribution in [2.45, 2.75) is 0 Å². The number of benzene rings is 1. The Morgan fingerprint density at radius 2 is 1.95 bits per heavy atom. The van der Waals surface area contributed by atoms with Crippen LogP contribution in [0.2, 0.25) is 0 Å². The Labute approximate surface area is 231 Å². The minimum absolute atomic E-state index is 0.0283. The molecule has 12 nitrogen and oxygen atoms in total. The van der Waals surface area contributed by atoms with E-state index in [9.17, 15) is 9.90 Å². The zero-order chi connectivity index (χ0) is 27.3. The van der Waals surface area contributed by atoms with Crippen LogP contribution in [0, 0.1) is 0 Å². The number of hydrogen-bond donors (Lipinski definition) is 3. The average molecular weight is 545 g/mol. The van der Waals surface area contributed by atoms with Crippen LogP contribution in [0.1, 0.15) is 10.5 Å². The first-order valence-electron chi connectivity index (χ1n) is 13.5. The highest BCUT2D eigenvalue weighted by atomic mass is 16.5. The summed E-state index contributed by atoms with van der Waals surface area (Å²) in [4.78, 5) is 30.7. The monoisotopic (exact) mass is 544 g/mol. The van der Waals surface area contributed by atoms with Gasteiger partial charge in [0.2, 0.25) is 11.8 Å². The van der Waals surface area contributed by atoms with Crippen LogP contribution < -0.4 is 20.3 Å². The summed E-state index contributed by atoms with van der Waals surface area (Å²) in [5.74, 6) is 0.434. The molecule has 2 saturated heterocycles. The van der Waals surface area contributed by atoms with E-state index in [0.29, 0.717) is 23.4 Å². The summed E-state index contributed by atoms with van der Waals surface area (Å²) in [6.07, 6.45) is 6.60. The molecule has 0 unspecified atom stereocenters. The fourth-order valence-electron chi connectivity index (χ4n) is 4.97. The van der Waals surface area contributed by atoms with E-state index in [-0.39, 0.29) is 23.4 Å². The Morgan fingerprint density at radius 3 is 2.80 bits per heavy atom. The lowest BCUT2D eigenvalue weighted by atomic mass is 10.2. The number of carbonyl (C=O) groups excluding carboxylic acids is 1. The van der Waals surface area contributed by atoms with Crippen LogP contribution >= 0.6 is 0 Å². The minimum atomic E-state index is -0.389. The van der Waals surface area contributed by atoms with Crippen molar-refractivity contribution in [1.82, 2.24) is 29.7 Å². The maximum atomic E-state index is 13.2. The molecule has 4 aromatic rings. The minimum Gasteiger partial charge on any atom is -0.494 e. The second-order valence-electron chi connectivity index (χ2n) is 9.70. The van der Waals surface area contributed by atoms with Crippen LogP contribution in [0.5, 0.6) is 11.6 Å².